The third-order valence-electron chi connectivity index (χ3n) is 9.19. The molecule has 0 aromatic carbocycles. The number of ketones is 1. The van der Waals surface area contributed by atoms with Crippen molar-refractivity contribution in [3.8, 4) is 0 Å². The molecule has 0 bridgehead atoms. The molecule has 5 heteroatoms. The van der Waals surface area contributed by atoms with Gasteiger partial charge in [-0.3, -0.25) is 9.59 Å². The van der Waals surface area contributed by atoms with Gasteiger partial charge in [0.2, 0.25) is 0 Å². The van der Waals surface area contributed by atoms with E-state index in [-0.39, 0.29) is 22.7 Å². The minimum absolute atomic E-state index is 0.217. The van der Waals surface area contributed by atoms with Crippen molar-refractivity contribution in [2.75, 3.05) is 0 Å². The van der Waals surface area contributed by atoms with E-state index in [1.54, 1.807) is 13.8 Å². The fourth-order valence-corrected chi connectivity index (χ4v) is 7.56. The van der Waals surface area contributed by atoms with Gasteiger partial charge in [-0.1, -0.05) is 19.4 Å². The van der Waals surface area contributed by atoms with E-state index >= 15 is 0 Å². The standard InChI is InChI=1S/C24H37N3O2/c1-14(25)22(29)27-26-17-9-11-23(3)16(13-17)5-6-18-20-8-7-19(15(2)28)24(20,4)12-10-21(18)23/h13-14,18-21H,5-12,25H2,1-4H3,(H,27,29)/b26-17+/t14?,18?,19-,20?,21?,23+,24-/m1/s1. The zero-order valence-corrected chi connectivity index (χ0v) is 18.5. The number of hydrazone groups is 1. The maximum Gasteiger partial charge on any atom is 0.256 e. The van der Waals surface area contributed by atoms with Crippen molar-refractivity contribution >= 4 is 17.4 Å². The lowest BCUT2D eigenvalue weighted by molar-refractivity contribution is -0.127. The Bertz CT molecular complexity index is 770. The van der Waals surface area contributed by atoms with Crippen molar-refractivity contribution in [2.45, 2.75) is 85.1 Å². The lowest BCUT2D eigenvalue weighted by Gasteiger charge is -2.58. The Balaban J connectivity index is 1.55. The smallest absolute Gasteiger partial charge is 0.256 e. The van der Waals surface area contributed by atoms with E-state index in [2.05, 4.69) is 30.5 Å². The molecule has 3 N–H and O–H groups in total. The Morgan fingerprint density at radius 2 is 1.90 bits per heavy atom. The number of carbonyl (C=O) groups excluding carboxylic acids is 2. The number of amides is 1. The zero-order chi connectivity index (χ0) is 21.0. The number of hydrogen-bond acceptors (Lipinski definition) is 4. The van der Waals surface area contributed by atoms with Crippen LogP contribution in [-0.4, -0.2) is 23.4 Å². The minimum atomic E-state index is -0.543. The van der Waals surface area contributed by atoms with Crippen LogP contribution in [0.15, 0.2) is 16.8 Å². The predicted molar refractivity (Wildman–Crippen MR) is 115 cm³/mol. The first kappa shape index (κ1) is 20.8. The average molecular weight is 400 g/mol. The Labute approximate surface area is 174 Å². The average Bonchev–Trinajstić information content (AvgIpc) is 3.03. The van der Waals surface area contributed by atoms with Crippen LogP contribution in [0.25, 0.3) is 0 Å². The summed E-state index contributed by atoms with van der Waals surface area (Å²) in [7, 11) is 0. The molecule has 0 aliphatic heterocycles. The van der Waals surface area contributed by atoms with E-state index in [1.807, 2.05) is 0 Å². The maximum absolute atomic E-state index is 12.3. The Kier molecular flexibility index (Phi) is 5.25. The molecule has 29 heavy (non-hydrogen) atoms. The first-order chi connectivity index (χ1) is 13.7. The summed E-state index contributed by atoms with van der Waals surface area (Å²) < 4.78 is 0. The van der Waals surface area contributed by atoms with Crippen LogP contribution >= 0.6 is 0 Å². The molecular formula is C24H37N3O2. The van der Waals surface area contributed by atoms with Gasteiger partial charge in [-0.2, -0.15) is 5.10 Å². The third kappa shape index (κ3) is 3.30. The molecule has 4 aliphatic rings. The van der Waals surface area contributed by atoms with Gasteiger partial charge in [0.15, 0.2) is 0 Å². The molecule has 4 unspecified atom stereocenters. The van der Waals surface area contributed by atoms with Gasteiger partial charge in [-0.25, -0.2) is 5.43 Å². The highest BCUT2D eigenvalue weighted by Crippen LogP contribution is 2.66. The molecule has 0 aromatic rings. The molecule has 160 valence electrons. The van der Waals surface area contributed by atoms with Gasteiger partial charge in [0, 0.05) is 5.92 Å². The lowest BCUT2D eigenvalue weighted by Crippen LogP contribution is -2.51. The number of hydrogen-bond donors (Lipinski definition) is 2. The van der Waals surface area contributed by atoms with Gasteiger partial charge in [0.1, 0.15) is 5.78 Å². The molecule has 3 saturated carbocycles. The third-order valence-corrected chi connectivity index (χ3v) is 9.19. The number of Topliss-reactive ketones (excluding diaryl/α,β-unsaturated/α-hetero) is 1. The zero-order valence-electron chi connectivity index (χ0n) is 18.5. The molecule has 0 saturated heterocycles. The molecule has 1 amide bonds. The number of fused-ring (bicyclic) bond motifs is 5. The highest BCUT2D eigenvalue weighted by molar-refractivity contribution is 5.97. The molecule has 4 aliphatic carbocycles. The molecule has 0 spiro atoms. The van der Waals surface area contributed by atoms with Crippen molar-refractivity contribution in [2.24, 2.45) is 45.3 Å². The van der Waals surface area contributed by atoms with E-state index in [4.69, 9.17) is 5.73 Å². The van der Waals surface area contributed by atoms with Gasteiger partial charge in [-0.05, 0) is 99.9 Å². The SMILES string of the molecule is CC(=O)[C@H]1CCC2C3CCC4=C/C(=N/NC(=O)C(C)N)CC[C@]4(C)C3CC[C@@]21C. The second kappa shape index (κ2) is 7.33. The van der Waals surface area contributed by atoms with Crippen LogP contribution in [0.5, 0.6) is 0 Å². The number of nitrogens with one attached hydrogen (secondary N) is 1. The maximum atomic E-state index is 12.3. The first-order valence-corrected chi connectivity index (χ1v) is 11.5. The van der Waals surface area contributed by atoms with E-state index in [0.717, 1.165) is 37.3 Å². The highest BCUT2D eigenvalue weighted by Gasteiger charge is 2.59. The predicted octanol–water partition coefficient (Wildman–Crippen LogP) is 3.97. The van der Waals surface area contributed by atoms with Gasteiger partial charge < -0.3 is 5.73 Å². The number of carbonyl (C=O) groups is 2. The van der Waals surface area contributed by atoms with Gasteiger partial charge in [0.25, 0.3) is 5.91 Å². The van der Waals surface area contributed by atoms with Crippen molar-refractivity contribution in [1.29, 1.82) is 0 Å². The number of rotatable bonds is 3. The van der Waals surface area contributed by atoms with E-state index < -0.39 is 6.04 Å². The normalized spacial score (nSPS) is 43.6. The van der Waals surface area contributed by atoms with Gasteiger partial charge in [-0.15, -0.1) is 0 Å². The monoisotopic (exact) mass is 399 g/mol. The summed E-state index contributed by atoms with van der Waals surface area (Å²) in [6.07, 6.45) is 11.4. The summed E-state index contributed by atoms with van der Waals surface area (Å²) in [5.74, 6) is 2.61. The minimum Gasteiger partial charge on any atom is -0.320 e. The topological polar surface area (TPSA) is 84.5 Å². The summed E-state index contributed by atoms with van der Waals surface area (Å²) in [6.45, 7) is 8.35. The second-order valence-electron chi connectivity index (χ2n) is 10.7. The van der Waals surface area contributed by atoms with Gasteiger partial charge in [0.05, 0.1) is 11.8 Å². The Morgan fingerprint density at radius 1 is 1.14 bits per heavy atom. The van der Waals surface area contributed by atoms with Crippen LogP contribution in [-0.2, 0) is 9.59 Å². The van der Waals surface area contributed by atoms with Crippen LogP contribution in [0.4, 0.5) is 0 Å². The molecular weight excluding hydrogens is 362 g/mol. The van der Waals surface area contributed by atoms with E-state index in [1.165, 1.54) is 31.3 Å². The highest BCUT2D eigenvalue weighted by atomic mass is 16.2. The molecule has 0 aromatic heterocycles. The fraction of sp³-hybridized carbons (Fsp3) is 0.792. The second-order valence-corrected chi connectivity index (χ2v) is 10.7. The van der Waals surface area contributed by atoms with Gasteiger partial charge >= 0.3 is 0 Å². The summed E-state index contributed by atoms with van der Waals surface area (Å²) in [5, 5.41) is 4.35. The quantitative estimate of drug-likeness (QED) is 0.704. The Hall–Kier alpha value is -1.49. The summed E-state index contributed by atoms with van der Waals surface area (Å²) in [5.41, 5.74) is 11.2. The largest absolute Gasteiger partial charge is 0.320 e. The number of allylic oxidation sites excluding steroid dienone is 2. The molecule has 3 fully saturated rings. The molecule has 4 rings (SSSR count). The fourth-order valence-electron chi connectivity index (χ4n) is 7.56. The Morgan fingerprint density at radius 3 is 2.59 bits per heavy atom. The van der Waals surface area contributed by atoms with Crippen LogP contribution in [0.2, 0.25) is 0 Å². The van der Waals surface area contributed by atoms with Crippen LogP contribution < -0.4 is 11.2 Å². The molecule has 0 radical (unpaired) electrons. The summed E-state index contributed by atoms with van der Waals surface area (Å²) in [6, 6.07) is -0.543. The summed E-state index contributed by atoms with van der Waals surface area (Å²) >= 11 is 0. The molecule has 7 atom stereocenters. The van der Waals surface area contributed by atoms with Crippen molar-refractivity contribution in [3.05, 3.63) is 11.6 Å². The van der Waals surface area contributed by atoms with E-state index in [0.29, 0.717) is 17.6 Å². The van der Waals surface area contributed by atoms with E-state index in [9.17, 15) is 9.59 Å². The number of nitrogens with two attached hydrogens (primary N) is 1. The van der Waals surface area contributed by atoms with Crippen molar-refractivity contribution in [1.82, 2.24) is 5.43 Å². The van der Waals surface area contributed by atoms with Crippen molar-refractivity contribution in [3.63, 3.8) is 0 Å². The van der Waals surface area contributed by atoms with Crippen LogP contribution in [0.1, 0.15) is 79.1 Å². The van der Waals surface area contributed by atoms with Crippen molar-refractivity contribution < 1.29 is 9.59 Å². The van der Waals surface area contributed by atoms with Crippen LogP contribution in [0.3, 0.4) is 0 Å². The van der Waals surface area contributed by atoms with Crippen LogP contribution in [0, 0.1) is 34.5 Å². The molecule has 0 heterocycles. The number of nitrogens with zero attached hydrogens (tertiary/aromatic N) is 1. The molecule has 5 nitrogen and oxygen atoms in total. The first-order valence-electron chi connectivity index (χ1n) is 11.5. The lowest BCUT2D eigenvalue weighted by atomic mass is 9.46. The summed E-state index contributed by atoms with van der Waals surface area (Å²) in [4.78, 5) is 24.0.